The maximum atomic E-state index is 13.3. The molecule has 0 aliphatic carbocycles. The molecule has 0 amide bonds. The Morgan fingerprint density at radius 1 is 0.263 bits per heavy atom. The van der Waals surface area contributed by atoms with Crippen LogP contribution < -0.4 is 0 Å². The molecule has 114 heavy (non-hydrogen) atoms. The third kappa shape index (κ3) is 86.0. The van der Waals surface area contributed by atoms with Crippen molar-refractivity contribution in [2.45, 2.75) is 518 Å². The van der Waals surface area contributed by atoms with Crippen molar-refractivity contribution in [2.75, 3.05) is 50.3 Å². The Morgan fingerprint density at radius 2 is 0.447 bits per heavy atom. The van der Waals surface area contributed by atoms with E-state index in [9.17, 15) is 9.59 Å². The lowest BCUT2D eigenvalue weighted by molar-refractivity contribution is -0.165. The predicted octanol–water partition coefficient (Wildman–Crippen LogP) is 34.1. The van der Waals surface area contributed by atoms with Crippen LogP contribution in [-0.2, 0) is 46.2 Å². The van der Waals surface area contributed by atoms with Crippen molar-refractivity contribution in [1.82, 2.24) is 0 Å². The first kappa shape index (κ1) is 115. The lowest BCUT2D eigenvalue weighted by Gasteiger charge is -2.33. The summed E-state index contributed by atoms with van der Waals surface area (Å²) in [5, 5.41) is 2.12. The van der Waals surface area contributed by atoms with E-state index in [1.54, 1.807) is 0 Å². The van der Waals surface area contributed by atoms with Crippen LogP contribution in [0.2, 0.25) is 26.2 Å². The average Bonchev–Trinajstić information content (AvgIpc) is 0.855. The SMILES string of the molecule is CCCCCCCC/C=C\CCCCCCCCOC(=O)C(C)(C)CC(OCCCCCCCC/C=C\CCCCCCCC)O[Si](C)(C)OCCCCCCBr.CCCCCCCC/C=C\CCCCCCCCOC(=O)C(C)(C)CC(OCCCCCCCC/C=C\CCCCCCCC)O[Si](C)(C)OCCCCCCBr. The van der Waals surface area contributed by atoms with Crippen LogP contribution in [0.4, 0.5) is 0 Å². The molecule has 0 aromatic rings. The number of ether oxygens (including phenoxy) is 4. The molecule has 14 heteroatoms. The first-order valence-corrected chi connectivity index (χ1v) is 57.2. The van der Waals surface area contributed by atoms with Gasteiger partial charge in [0, 0.05) is 49.9 Å². The van der Waals surface area contributed by atoms with Crippen LogP contribution in [0.15, 0.2) is 48.6 Å². The van der Waals surface area contributed by atoms with Gasteiger partial charge in [-0.25, -0.2) is 0 Å². The fourth-order valence-corrected chi connectivity index (χ4v) is 18.0. The fourth-order valence-electron chi connectivity index (χ4n) is 14.3. The first-order chi connectivity index (χ1) is 55.4. The van der Waals surface area contributed by atoms with Gasteiger partial charge in [-0.15, -0.1) is 0 Å². The zero-order valence-electron chi connectivity index (χ0n) is 77.9. The molecule has 0 saturated heterocycles. The molecule has 0 radical (unpaired) electrons. The Morgan fingerprint density at radius 3 is 0.667 bits per heavy atom. The van der Waals surface area contributed by atoms with Crippen molar-refractivity contribution < 1.29 is 46.2 Å². The molecule has 0 rings (SSSR count). The number of carbonyl (C=O) groups excluding carboxylic acids is 2. The third-order valence-corrected chi connectivity index (χ3v) is 26.5. The van der Waals surface area contributed by atoms with Crippen molar-refractivity contribution in [3.05, 3.63) is 48.6 Å². The van der Waals surface area contributed by atoms with E-state index in [2.05, 4.69) is 134 Å². The maximum Gasteiger partial charge on any atom is 0.333 e. The molecule has 0 aromatic carbocycles. The summed E-state index contributed by atoms with van der Waals surface area (Å²) in [6.45, 7) is 29.1. The molecular formula is C100H194Br2O10Si2. The summed E-state index contributed by atoms with van der Waals surface area (Å²) < 4.78 is 50.2. The standard InChI is InChI=1S/2C50H97BrO5Si/c2*1-7-9-11-13-15-17-19-21-23-25-27-29-31-33-36-40-44-53-48(56-57(5,6)55-46-42-38-35-39-43-51)47-50(3,4)49(52)54-45-41-37-34-32-30-28-26-24-22-20-18-16-14-12-10-8-2/h2*21-24,48H,7-20,25-47H2,1-6H3/b2*23-21-,24-22-. The molecule has 0 bridgehead atoms. The van der Waals surface area contributed by atoms with E-state index in [0.29, 0.717) is 52.5 Å². The number of hydrogen-bond donors (Lipinski definition) is 0. The van der Waals surface area contributed by atoms with Crippen LogP contribution in [0.25, 0.3) is 0 Å². The number of esters is 2. The third-order valence-electron chi connectivity index (χ3n) is 21.9. The Balaban J connectivity index is 0. The molecule has 0 aliphatic heterocycles. The number of allylic oxidation sites excluding steroid dienone is 8. The normalized spacial score (nSPS) is 13.0. The molecule has 0 fully saturated rings. The lowest BCUT2D eigenvalue weighted by atomic mass is 9.89. The summed E-state index contributed by atoms with van der Waals surface area (Å²) in [7, 11) is -4.89. The minimum absolute atomic E-state index is 0.156. The molecule has 0 aromatic heterocycles. The van der Waals surface area contributed by atoms with E-state index in [1.165, 1.54) is 347 Å². The van der Waals surface area contributed by atoms with E-state index in [0.717, 1.165) is 74.9 Å². The van der Waals surface area contributed by atoms with Gasteiger partial charge in [-0.05, 0) is 208 Å². The second-order valence-electron chi connectivity index (χ2n) is 35.7. The van der Waals surface area contributed by atoms with Crippen LogP contribution in [0, 0.1) is 10.8 Å². The van der Waals surface area contributed by atoms with Gasteiger partial charge in [0.1, 0.15) is 0 Å². The number of halogens is 2. The van der Waals surface area contributed by atoms with Crippen LogP contribution in [0.1, 0.15) is 479 Å². The number of hydrogen-bond acceptors (Lipinski definition) is 10. The van der Waals surface area contributed by atoms with Gasteiger partial charge in [-0.3, -0.25) is 9.59 Å². The molecule has 0 aliphatic rings. The summed E-state index contributed by atoms with van der Waals surface area (Å²) in [5.41, 5.74) is -1.40. The Labute approximate surface area is 729 Å². The summed E-state index contributed by atoms with van der Waals surface area (Å²) in [6.07, 6.45) is 99.9. The van der Waals surface area contributed by atoms with Crippen LogP contribution in [0.5, 0.6) is 0 Å². The highest BCUT2D eigenvalue weighted by Crippen LogP contribution is 2.31. The van der Waals surface area contributed by atoms with E-state index >= 15 is 0 Å². The second-order valence-corrected chi connectivity index (χ2v) is 44.0. The number of rotatable bonds is 90. The van der Waals surface area contributed by atoms with Crippen molar-refractivity contribution in [3.8, 4) is 0 Å². The van der Waals surface area contributed by atoms with Gasteiger partial charge in [-0.1, -0.05) is 365 Å². The van der Waals surface area contributed by atoms with Crippen LogP contribution in [-0.4, -0.2) is 91.9 Å². The highest BCUT2D eigenvalue weighted by Gasteiger charge is 2.39. The van der Waals surface area contributed by atoms with Crippen molar-refractivity contribution in [3.63, 3.8) is 0 Å². The van der Waals surface area contributed by atoms with Crippen LogP contribution >= 0.6 is 31.9 Å². The number of alkyl halides is 2. The average molecular weight is 1770 g/mol. The van der Waals surface area contributed by atoms with E-state index < -0.39 is 40.5 Å². The number of unbranched alkanes of at least 4 members (excludes halogenated alkanes) is 54. The van der Waals surface area contributed by atoms with Gasteiger partial charge in [0.05, 0.1) is 24.0 Å². The van der Waals surface area contributed by atoms with Gasteiger partial charge >= 0.3 is 29.1 Å². The van der Waals surface area contributed by atoms with Gasteiger partial charge in [0.25, 0.3) is 0 Å². The first-order valence-electron chi connectivity index (χ1n) is 49.3. The predicted molar refractivity (Wildman–Crippen MR) is 510 cm³/mol. The molecule has 0 heterocycles. The van der Waals surface area contributed by atoms with Crippen molar-refractivity contribution >= 4 is 60.9 Å². The van der Waals surface area contributed by atoms with E-state index in [-0.39, 0.29) is 11.9 Å². The van der Waals surface area contributed by atoms with Gasteiger partial charge in [0.2, 0.25) is 0 Å². The Bertz CT molecular complexity index is 1960. The minimum Gasteiger partial charge on any atom is -0.465 e. The van der Waals surface area contributed by atoms with Gasteiger partial charge in [-0.2, -0.15) is 0 Å². The van der Waals surface area contributed by atoms with Crippen LogP contribution in [0.3, 0.4) is 0 Å². The second kappa shape index (κ2) is 88.4. The molecule has 676 valence electrons. The van der Waals surface area contributed by atoms with Crippen molar-refractivity contribution in [1.29, 1.82) is 0 Å². The highest BCUT2D eigenvalue weighted by molar-refractivity contribution is 9.09. The largest absolute Gasteiger partial charge is 0.465 e. The molecule has 0 N–H and O–H groups in total. The Hall–Kier alpha value is -0.946. The smallest absolute Gasteiger partial charge is 0.333 e. The molecule has 0 spiro atoms. The van der Waals surface area contributed by atoms with Gasteiger partial charge in [0.15, 0.2) is 12.6 Å². The topological polar surface area (TPSA) is 108 Å². The minimum atomic E-state index is -2.44. The number of carbonyl (C=O) groups is 2. The quantitative estimate of drug-likeness (QED) is 0.0146. The molecule has 10 nitrogen and oxygen atoms in total. The summed E-state index contributed by atoms with van der Waals surface area (Å²) in [5.74, 6) is -0.311. The highest BCUT2D eigenvalue weighted by atomic mass is 79.9. The maximum absolute atomic E-state index is 13.3. The molecular weight excluding hydrogens is 1580 g/mol. The summed E-state index contributed by atoms with van der Waals surface area (Å²) in [4.78, 5) is 26.6. The zero-order chi connectivity index (χ0) is 83.9. The molecule has 0 saturated carbocycles. The summed E-state index contributed by atoms with van der Waals surface area (Å²) in [6, 6.07) is 0. The monoisotopic (exact) mass is 1770 g/mol. The zero-order valence-corrected chi connectivity index (χ0v) is 83.1. The molecule has 2 unspecified atom stereocenters. The molecule has 2 atom stereocenters. The van der Waals surface area contributed by atoms with Gasteiger partial charge < -0.3 is 36.7 Å². The fraction of sp³-hybridized carbons (Fsp3) is 0.900. The van der Waals surface area contributed by atoms with E-state index in [4.69, 9.17) is 36.7 Å². The van der Waals surface area contributed by atoms with Crippen molar-refractivity contribution in [2.24, 2.45) is 10.8 Å². The summed E-state index contributed by atoms with van der Waals surface area (Å²) >= 11 is 7.05. The lowest BCUT2D eigenvalue weighted by Crippen LogP contribution is -2.43. The Kier molecular flexibility index (Phi) is 89.2. The van der Waals surface area contributed by atoms with E-state index in [1.807, 2.05) is 27.7 Å².